The first-order chi connectivity index (χ1) is 18.5. The quantitative estimate of drug-likeness (QED) is 0.362. The molecule has 0 radical (unpaired) electrons. The smallest absolute Gasteiger partial charge is 0.227 e. The average Bonchev–Trinajstić information content (AvgIpc) is 3.26. The molecule has 3 unspecified atom stereocenters. The monoisotopic (exact) mass is 537 g/mol. The summed E-state index contributed by atoms with van der Waals surface area (Å²) in [6.45, 7) is 10.3. The van der Waals surface area contributed by atoms with Crippen molar-refractivity contribution in [1.29, 1.82) is 0 Å². The summed E-state index contributed by atoms with van der Waals surface area (Å²) in [6.07, 6.45) is 2.93. The maximum Gasteiger partial charge on any atom is 0.227 e. The largest absolute Gasteiger partial charge is 0.508 e. The van der Waals surface area contributed by atoms with Crippen molar-refractivity contribution in [3.63, 3.8) is 0 Å². The van der Waals surface area contributed by atoms with Crippen LogP contribution in [0.5, 0.6) is 5.75 Å². The lowest BCUT2D eigenvalue weighted by atomic mass is 9.69. The maximum atomic E-state index is 14.9. The van der Waals surface area contributed by atoms with Gasteiger partial charge >= 0.3 is 0 Å². The number of nitrogens with zero attached hydrogens (tertiary/aromatic N) is 3. The summed E-state index contributed by atoms with van der Waals surface area (Å²) >= 11 is 0. The standard InChI is InChI=1S/C32H44FN3O3/c1-22-25(12-9-13-28(22)33)29-26(30(38)23-10-8-11-24(37)18-23)19-35(16-7-6-15-34(4)5)20-27(29)31(39)36-17-14-32(2,3)21-36/h8-13,18,26-27,29,37H,6-7,14-17,19-21H2,1-5H3. The summed E-state index contributed by atoms with van der Waals surface area (Å²) in [5.41, 5.74) is 1.70. The van der Waals surface area contributed by atoms with Crippen LogP contribution in [0.3, 0.4) is 0 Å². The Hall–Kier alpha value is -2.77. The number of rotatable bonds is 9. The van der Waals surface area contributed by atoms with Crippen molar-refractivity contribution in [3.8, 4) is 5.75 Å². The molecular weight excluding hydrogens is 493 g/mol. The minimum atomic E-state index is -0.542. The summed E-state index contributed by atoms with van der Waals surface area (Å²) in [4.78, 5) is 34.7. The van der Waals surface area contributed by atoms with Crippen LogP contribution in [0.25, 0.3) is 0 Å². The normalized spacial score (nSPS) is 23.4. The van der Waals surface area contributed by atoms with Crippen molar-refractivity contribution < 1.29 is 19.1 Å². The third-order valence-electron chi connectivity index (χ3n) is 8.55. The Labute approximate surface area is 232 Å². The number of hydrogen-bond acceptors (Lipinski definition) is 5. The lowest BCUT2D eigenvalue weighted by molar-refractivity contribution is -0.138. The van der Waals surface area contributed by atoms with Crippen LogP contribution < -0.4 is 0 Å². The van der Waals surface area contributed by atoms with Crippen molar-refractivity contribution in [2.45, 2.75) is 46.0 Å². The average molecular weight is 538 g/mol. The second kappa shape index (κ2) is 12.2. The van der Waals surface area contributed by atoms with Crippen LogP contribution in [0.1, 0.15) is 60.5 Å². The molecule has 1 amide bonds. The highest BCUT2D eigenvalue weighted by atomic mass is 19.1. The number of Topliss-reactive ketones (excluding diaryl/α,β-unsaturated/α-hetero) is 1. The summed E-state index contributed by atoms with van der Waals surface area (Å²) in [6, 6.07) is 11.4. The van der Waals surface area contributed by atoms with E-state index < -0.39 is 17.8 Å². The molecule has 212 valence electrons. The molecule has 3 atom stereocenters. The molecule has 6 nitrogen and oxygen atoms in total. The van der Waals surface area contributed by atoms with E-state index in [2.05, 4.69) is 37.7 Å². The molecule has 2 aromatic rings. The predicted molar refractivity (Wildman–Crippen MR) is 153 cm³/mol. The SMILES string of the molecule is Cc1c(F)cccc1C1C(C(=O)c2cccc(O)c2)CN(CCCCN(C)C)CC1C(=O)N1CCC(C)(C)C1. The lowest BCUT2D eigenvalue weighted by Gasteiger charge is -2.44. The second-order valence-electron chi connectivity index (χ2n) is 12.6. The Kier molecular flexibility index (Phi) is 9.12. The van der Waals surface area contributed by atoms with Crippen LogP contribution in [-0.4, -0.2) is 84.9 Å². The molecule has 0 saturated carbocycles. The number of piperidine rings is 1. The van der Waals surface area contributed by atoms with Gasteiger partial charge in [-0.25, -0.2) is 4.39 Å². The molecule has 7 heteroatoms. The van der Waals surface area contributed by atoms with Gasteiger partial charge in [-0.15, -0.1) is 0 Å². The van der Waals surface area contributed by atoms with Crippen LogP contribution >= 0.6 is 0 Å². The van der Waals surface area contributed by atoms with Crippen molar-refractivity contribution in [2.24, 2.45) is 17.3 Å². The number of benzene rings is 2. The van der Waals surface area contributed by atoms with Gasteiger partial charge in [-0.3, -0.25) is 9.59 Å². The number of phenols is 1. The van der Waals surface area contributed by atoms with Gasteiger partial charge in [0.1, 0.15) is 11.6 Å². The van der Waals surface area contributed by atoms with Gasteiger partial charge < -0.3 is 19.8 Å². The summed E-state index contributed by atoms with van der Waals surface area (Å²) in [7, 11) is 4.12. The third kappa shape index (κ3) is 6.87. The highest BCUT2D eigenvalue weighted by Crippen LogP contribution is 2.43. The number of aromatic hydroxyl groups is 1. The van der Waals surface area contributed by atoms with Crippen molar-refractivity contribution in [3.05, 3.63) is 65.0 Å². The van der Waals surface area contributed by atoms with Gasteiger partial charge in [0.05, 0.1) is 5.92 Å². The highest BCUT2D eigenvalue weighted by molar-refractivity contribution is 5.99. The topological polar surface area (TPSA) is 64.1 Å². The molecule has 0 spiro atoms. The van der Waals surface area contributed by atoms with E-state index in [1.165, 1.54) is 12.1 Å². The zero-order valence-electron chi connectivity index (χ0n) is 24.1. The van der Waals surface area contributed by atoms with Gasteiger partial charge in [0.2, 0.25) is 5.91 Å². The molecule has 0 bridgehead atoms. The first-order valence-corrected chi connectivity index (χ1v) is 14.2. The Morgan fingerprint density at radius 1 is 1.08 bits per heavy atom. The molecule has 4 rings (SSSR count). The summed E-state index contributed by atoms with van der Waals surface area (Å²) in [5, 5.41) is 10.1. The number of amides is 1. The Bertz CT molecular complexity index is 1180. The minimum Gasteiger partial charge on any atom is -0.508 e. The highest BCUT2D eigenvalue weighted by Gasteiger charge is 2.47. The second-order valence-corrected chi connectivity index (χ2v) is 12.6. The van der Waals surface area contributed by atoms with E-state index in [0.717, 1.165) is 37.9 Å². The van der Waals surface area contributed by atoms with Gasteiger partial charge in [-0.1, -0.05) is 38.1 Å². The lowest BCUT2D eigenvalue weighted by Crippen LogP contribution is -2.53. The predicted octanol–water partition coefficient (Wildman–Crippen LogP) is 4.95. The van der Waals surface area contributed by atoms with E-state index in [-0.39, 0.29) is 28.7 Å². The van der Waals surface area contributed by atoms with Gasteiger partial charge in [0, 0.05) is 43.6 Å². The van der Waals surface area contributed by atoms with Crippen molar-refractivity contribution in [1.82, 2.24) is 14.7 Å². The number of carbonyl (C=O) groups excluding carboxylic acids is 2. The van der Waals surface area contributed by atoms with Crippen molar-refractivity contribution >= 4 is 11.7 Å². The van der Waals surface area contributed by atoms with E-state index in [1.54, 1.807) is 31.2 Å². The summed E-state index contributed by atoms with van der Waals surface area (Å²) in [5.74, 6) is -1.81. The number of phenolic OH excluding ortho intramolecular Hbond substituents is 1. The molecule has 0 aliphatic carbocycles. The number of likely N-dealkylation sites (tertiary alicyclic amines) is 2. The molecule has 39 heavy (non-hydrogen) atoms. The Morgan fingerprint density at radius 3 is 2.46 bits per heavy atom. The molecule has 2 fully saturated rings. The minimum absolute atomic E-state index is 0.0302. The molecular formula is C32H44FN3O3. The molecule has 0 aromatic heterocycles. The van der Waals surface area contributed by atoms with E-state index in [0.29, 0.717) is 37.3 Å². The van der Waals surface area contributed by atoms with Crippen LogP contribution in [0.15, 0.2) is 42.5 Å². The van der Waals surface area contributed by atoms with E-state index in [4.69, 9.17) is 0 Å². The fourth-order valence-electron chi connectivity index (χ4n) is 6.39. The molecule has 2 aliphatic heterocycles. The molecule has 2 aliphatic rings. The number of carbonyl (C=O) groups is 2. The van der Waals surface area contributed by atoms with Crippen LogP contribution in [0, 0.1) is 30.0 Å². The molecule has 2 aromatic carbocycles. The fraction of sp³-hybridized carbons (Fsp3) is 0.562. The van der Waals surface area contributed by atoms with Gasteiger partial charge in [0.15, 0.2) is 5.78 Å². The van der Waals surface area contributed by atoms with Gasteiger partial charge in [-0.2, -0.15) is 0 Å². The van der Waals surface area contributed by atoms with Gasteiger partial charge in [0.25, 0.3) is 0 Å². The van der Waals surface area contributed by atoms with E-state index in [9.17, 15) is 19.1 Å². The first kappa shape index (κ1) is 29.2. The van der Waals surface area contributed by atoms with Gasteiger partial charge in [-0.05, 0) is 88.1 Å². The van der Waals surface area contributed by atoms with Crippen molar-refractivity contribution in [2.75, 3.05) is 53.4 Å². The molecule has 1 N–H and O–H groups in total. The van der Waals surface area contributed by atoms with E-state index >= 15 is 0 Å². The van der Waals surface area contributed by atoms with E-state index in [1.807, 2.05) is 11.0 Å². The molecule has 2 heterocycles. The zero-order valence-corrected chi connectivity index (χ0v) is 24.1. The molecule has 2 saturated heterocycles. The zero-order chi connectivity index (χ0) is 28.3. The Morgan fingerprint density at radius 2 is 1.79 bits per heavy atom. The number of ketones is 1. The third-order valence-corrected chi connectivity index (χ3v) is 8.55. The summed E-state index contributed by atoms with van der Waals surface area (Å²) < 4.78 is 14.9. The van der Waals surface area contributed by atoms with Crippen LogP contribution in [0.4, 0.5) is 4.39 Å². The number of hydrogen-bond donors (Lipinski definition) is 1. The first-order valence-electron chi connectivity index (χ1n) is 14.2. The van der Waals surface area contributed by atoms with Crippen LogP contribution in [-0.2, 0) is 4.79 Å². The number of halogens is 1. The Balaban J connectivity index is 1.74. The maximum absolute atomic E-state index is 14.9. The van der Waals surface area contributed by atoms with Crippen LogP contribution in [0.2, 0.25) is 0 Å². The fourth-order valence-corrected chi connectivity index (χ4v) is 6.39. The number of unbranched alkanes of at least 4 members (excludes halogenated alkanes) is 1.